The zero-order chi connectivity index (χ0) is 22.3. The molecule has 1 aromatic carbocycles. The van der Waals surface area contributed by atoms with Gasteiger partial charge in [0.05, 0.1) is 19.0 Å². The lowest BCUT2D eigenvalue weighted by atomic mass is 10.1. The Labute approximate surface area is 187 Å². The third-order valence-electron chi connectivity index (χ3n) is 5.44. The summed E-state index contributed by atoms with van der Waals surface area (Å²) in [7, 11) is 0. The lowest BCUT2D eigenvalue weighted by Crippen LogP contribution is -2.08. The number of hydrogen-bond donors (Lipinski definition) is 0. The highest BCUT2D eigenvalue weighted by Gasteiger charge is 2.07. The summed E-state index contributed by atoms with van der Waals surface area (Å²) in [6, 6.07) is 7.32. The van der Waals surface area contributed by atoms with Gasteiger partial charge in [0.15, 0.2) is 11.6 Å². The van der Waals surface area contributed by atoms with E-state index in [2.05, 4.69) is 30.7 Å². The van der Waals surface area contributed by atoms with Crippen LogP contribution in [-0.2, 0) is 4.79 Å². The molecular formula is C26H38N2O3. The molecule has 0 unspecified atom stereocenters. The number of rotatable bonds is 15. The van der Waals surface area contributed by atoms with Crippen molar-refractivity contribution >= 4 is 5.97 Å². The van der Waals surface area contributed by atoms with Gasteiger partial charge in [0.1, 0.15) is 5.75 Å². The molecule has 0 radical (unpaired) electrons. The zero-order valence-corrected chi connectivity index (χ0v) is 19.4. The van der Waals surface area contributed by atoms with Crippen molar-refractivity contribution in [1.29, 1.82) is 0 Å². The average Bonchev–Trinajstić information content (AvgIpc) is 2.80. The van der Waals surface area contributed by atoms with Crippen LogP contribution in [0.25, 0.3) is 11.4 Å². The molecule has 1 aromatic heterocycles. The topological polar surface area (TPSA) is 61.3 Å². The first-order valence-electron chi connectivity index (χ1n) is 11.9. The third-order valence-corrected chi connectivity index (χ3v) is 5.44. The standard InChI is InChI=1S/C26H38N2O3/c1-4-6-7-8-9-10-11-12-13-25(29)31-23-16-14-22(15-17-23)26-27-18-24(19-28-26)30-20-21(3)5-2/h14-19,21H,4-13,20H2,1-3H3/t21-/m0/s1. The molecule has 0 aliphatic rings. The van der Waals surface area contributed by atoms with Crippen molar-refractivity contribution in [3.8, 4) is 22.9 Å². The highest BCUT2D eigenvalue weighted by Crippen LogP contribution is 2.21. The van der Waals surface area contributed by atoms with E-state index >= 15 is 0 Å². The van der Waals surface area contributed by atoms with Crippen molar-refractivity contribution in [3.05, 3.63) is 36.7 Å². The first-order valence-corrected chi connectivity index (χ1v) is 11.9. The molecule has 0 N–H and O–H groups in total. The van der Waals surface area contributed by atoms with Crippen LogP contribution in [0.5, 0.6) is 11.5 Å². The van der Waals surface area contributed by atoms with Gasteiger partial charge in [-0.05, 0) is 36.6 Å². The fourth-order valence-corrected chi connectivity index (χ4v) is 3.15. The van der Waals surface area contributed by atoms with Gasteiger partial charge in [0.25, 0.3) is 0 Å². The Balaban J connectivity index is 1.70. The maximum atomic E-state index is 12.0. The molecule has 31 heavy (non-hydrogen) atoms. The van der Waals surface area contributed by atoms with E-state index in [1.54, 1.807) is 24.5 Å². The first kappa shape index (κ1) is 24.8. The van der Waals surface area contributed by atoms with Crippen LogP contribution in [0.4, 0.5) is 0 Å². The molecule has 0 spiro atoms. The number of unbranched alkanes of at least 4 members (excludes halogenated alkanes) is 7. The summed E-state index contributed by atoms with van der Waals surface area (Å²) in [5, 5.41) is 0. The number of carbonyl (C=O) groups excluding carboxylic acids is 1. The predicted molar refractivity (Wildman–Crippen MR) is 125 cm³/mol. The van der Waals surface area contributed by atoms with E-state index in [-0.39, 0.29) is 5.97 Å². The van der Waals surface area contributed by atoms with Crippen molar-refractivity contribution < 1.29 is 14.3 Å². The van der Waals surface area contributed by atoms with Crippen LogP contribution in [-0.4, -0.2) is 22.5 Å². The number of ether oxygens (including phenoxy) is 2. The number of hydrogen-bond acceptors (Lipinski definition) is 5. The first-order chi connectivity index (χ1) is 15.1. The van der Waals surface area contributed by atoms with E-state index in [1.165, 1.54) is 38.5 Å². The van der Waals surface area contributed by atoms with Crippen LogP contribution in [0.1, 0.15) is 85.0 Å². The number of aromatic nitrogens is 2. The second-order valence-corrected chi connectivity index (χ2v) is 8.29. The van der Waals surface area contributed by atoms with Crippen molar-refractivity contribution in [2.24, 2.45) is 5.92 Å². The van der Waals surface area contributed by atoms with Crippen LogP contribution in [0.3, 0.4) is 0 Å². The molecule has 0 amide bonds. The van der Waals surface area contributed by atoms with E-state index in [4.69, 9.17) is 9.47 Å². The van der Waals surface area contributed by atoms with Gasteiger partial charge in [0.2, 0.25) is 0 Å². The smallest absolute Gasteiger partial charge is 0.311 e. The molecular weight excluding hydrogens is 388 g/mol. The molecule has 0 saturated carbocycles. The Morgan fingerprint density at radius 1 is 0.871 bits per heavy atom. The minimum atomic E-state index is -0.169. The third kappa shape index (κ3) is 9.95. The van der Waals surface area contributed by atoms with Gasteiger partial charge >= 0.3 is 5.97 Å². The molecule has 5 heteroatoms. The second kappa shape index (κ2) is 14.6. The fraction of sp³-hybridized carbons (Fsp3) is 0.577. The molecule has 0 aliphatic heterocycles. The highest BCUT2D eigenvalue weighted by atomic mass is 16.5. The van der Waals surface area contributed by atoms with Crippen LogP contribution < -0.4 is 9.47 Å². The van der Waals surface area contributed by atoms with Gasteiger partial charge in [-0.2, -0.15) is 0 Å². The maximum Gasteiger partial charge on any atom is 0.311 e. The fourth-order valence-electron chi connectivity index (χ4n) is 3.15. The minimum absolute atomic E-state index is 0.169. The van der Waals surface area contributed by atoms with Crippen molar-refractivity contribution in [1.82, 2.24) is 9.97 Å². The molecule has 1 atom stereocenters. The molecule has 0 saturated heterocycles. The van der Waals surface area contributed by atoms with Crippen LogP contribution in [0.2, 0.25) is 0 Å². The van der Waals surface area contributed by atoms with Crippen LogP contribution >= 0.6 is 0 Å². The zero-order valence-electron chi connectivity index (χ0n) is 19.4. The second-order valence-electron chi connectivity index (χ2n) is 8.29. The molecule has 0 aliphatic carbocycles. The van der Waals surface area contributed by atoms with Crippen LogP contribution in [0.15, 0.2) is 36.7 Å². The molecule has 1 heterocycles. The number of esters is 1. The summed E-state index contributed by atoms with van der Waals surface area (Å²) in [5.41, 5.74) is 0.872. The molecule has 2 aromatic rings. The Morgan fingerprint density at radius 2 is 1.48 bits per heavy atom. The molecule has 5 nitrogen and oxygen atoms in total. The van der Waals surface area contributed by atoms with Gasteiger partial charge in [-0.15, -0.1) is 0 Å². The summed E-state index contributed by atoms with van der Waals surface area (Å²) < 4.78 is 11.1. The minimum Gasteiger partial charge on any atom is -0.490 e. The van der Waals surface area contributed by atoms with Gasteiger partial charge in [-0.1, -0.05) is 72.1 Å². The molecule has 170 valence electrons. The van der Waals surface area contributed by atoms with Crippen LogP contribution in [0, 0.1) is 5.92 Å². The van der Waals surface area contributed by atoms with Gasteiger partial charge in [-0.3, -0.25) is 4.79 Å². The lowest BCUT2D eigenvalue weighted by molar-refractivity contribution is -0.134. The largest absolute Gasteiger partial charge is 0.490 e. The summed E-state index contributed by atoms with van der Waals surface area (Å²) >= 11 is 0. The molecule has 0 fully saturated rings. The van der Waals surface area contributed by atoms with Gasteiger partial charge in [-0.25, -0.2) is 9.97 Å². The number of nitrogens with zero attached hydrogens (tertiary/aromatic N) is 2. The SMILES string of the molecule is CCCCCCCCCCC(=O)Oc1ccc(-c2ncc(OC[C@@H](C)CC)cn2)cc1. The normalized spacial score (nSPS) is 11.8. The van der Waals surface area contributed by atoms with Gasteiger partial charge < -0.3 is 9.47 Å². The van der Waals surface area contributed by atoms with Crippen molar-refractivity contribution in [3.63, 3.8) is 0 Å². The van der Waals surface area contributed by atoms with Crippen molar-refractivity contribution in [2.75, 3.05) is 6.61 Å². The Hall–Kier alpha value is -2.43. The van der Waals surface area contributed by atoms with E-state index in [1.807, 2.05) is 12.1 Å². The molecule has 0 bridgehead atoms. The summed E-state index contributed by atoms with van der Waals surface area (Å²) in [4.78, 5) is 20.8. The van der Waals surface area contributed by atoms with Crippen molar-refractivity contribution in [2.45, 2.75) is 85.0 Å². The quantitative estimate of drug-likeness (QED) is 0.174. The summed E-state index contributed by atoms with van der Waals surface area (Å²) in [5.74, 6) is 2.19. The Morgan fingerprint density at radius 3 is 2.10 bits per heavy atom. The number of benzene rings is 1. The Kier molecular flexibility index (Phi) is 11.7. The summed E-state index contributed by atoms with van der Waals surface area (Å²) in [6.07, 6.45) is 14.6. The monoisotopic (exact) mass is 426 g/mol. The molecule has 2 rings (SSSR count). The maximum absolute atomic E-state index is 12.0. The predicted octanol–water partition coefficient (Wildman–Crippen LogP) is 7.00. The summed E-state index contributed by atoms with van der Waals surface area (Å²) in [6.45, 7) is 7.19. The van der Waals surface area contributed by atoms with E-state index in [9.17, 15) is 4.79 Å². The average molecular weight is 427 g/mol. The van der Waals surface area contributed by atoms with Gasteiger partial charge in [0, 0.05) is 12.0 Å². The van der Waals surface area contributed by atoms with E-state index in [0.29, 0.717) is 36.3 Å². The van der Waals surface area contributed by atoms with E-state index < -0.39 is 0 Å². The highest BCUT2D eigenvalue weighted by molar-refractivity contribution is 5.72. The Bertz CT molecular complexity index is 744. The number of carbonyl (C=O) groups is 1. The van der Waals surface area contributed by atoms with E-state index in [0.717, 1.165) is 24.8 Å². The lowest BCUT2D eigenvalue weighted by Gasteiger charge is -2.10.